The van der Waals surface area contributed by atoms with E-state index in [1.54, 1.807) is 26.8 Å². The Balaban J connectivity index is 2.07. The van der Waals surface area contributed by atoms with Gasteiger partial charge in [-0.15, -0.1) is 0 Å². The summed E-state index contributed by atoms with van der Waals surface area (Å²) in [6.07, 6.45) is 0. The van der Waals surface area contributed by atoms with Crippen molar-refractivity contribution in [1.82, 2.24) is 0 Å². The number of rotatable bonds is 1. The molecule has 0 radical (unpaired) electrons. The van der Waals surface area contributed by atoms with Gasteiger partial charge in [0.15, 0.2) is 15.0 Å². The maximum Gasteiger partial charge on any atom is 0.253 e. The lowest BCUT2D eigenvalue weighted by molar-refractivity contribution is -0.124. The van der Waals surface area contributed by atoms with Gasteiger partial charge in [-0.05, 0) is 18.2 Å². The summed E-state index contributed by atoms with van der Waals surface area (Å²) in [4.78, 5) is 18.5. The van der Waals surface area contributed by atoms with E-state index in [2.05, 4.69) is 20.9 Å². The zero-order chi connectivity index (χ0) is 18.6. The molecule has 9 heteroatoms. The highest BCUT2D eigenvalue weighted by molar-refractivity contribution is 9.10. The van der Waals surface area contributed by atoms with Crippen molar-refractivity contribution < 1.29 is 13.2 Å². The zero-order valence-corrected chi connectivity index (χ0v) is 18.0. The summed E-state index contributed by atoms with van der Waals surface area (Å²) in [7, 11) is -3.10. The topological polar surface area (TPSA) is 66.8 Å². The number of hydrogen-bond donors (Lipinski definition) is 0. The van der Waals surface area contributed by atoms with E-state index in [0.717, 1.165) is 4.47 Å². The number of amides is 1. The Morgan fingerprint density at radius 2 is 2.04 bits per heavy atom. The maximum atomic E-state index is 12.4. The molecule has 0 aromatic heterocycles. The van der Waals surface area contributed by atoms with Crippen LogP contribution in [0.4, 0.5) is 5.69 Å². The summed E-state index contributed by atoms with van der Waals surface area (Å²) in [6, 6.07) is 5.14. The van der Waals surface area contributed by atoms with Crippen molar-refractivity contribution in [2.45, 2.75) is 32.1 Å². The minimum absolute atomic E-state index is 0.0415. The van der Waals surface area contributed by atoms with E-state index in [0.29, 0.717) is 15.9 Å². The van der Waals surface area contributed by atoms with Crippen molar-refractivity contribution in [3.63, 3.8) is 0 Å². The van der Waals surface area contributed by atoms with Crippen LogP contribution in [0.3, 0.4) is 0 Å². The molecule has 0 unspecified atom stereocenters. The van der Waals surface area contributed by atoms with Crippen LogP contribution in [0.5, 0.6) is 0 Å². The zero-order valence-electron chi connectivity index (χ0n) is 14.0. The van der Waals surface area contributed by atoms with Crippen LogP contribution in [-0.2, 0) is 14.6 Å². The molecule has 1 aromatic carbocycles. The summed E-state index contributed by atoms with van der Waals surface area (Å²) in [5.74, 6) is -0.105. The van der Waals surface area contributed by atoms with Crippen molar-refractivity contribution in [3.05, 3.63) is 27.7 Å². The molecule has 1 amide bonds. The predicted octanol–water partition coefficient (Wildman–Crippen LogP) is 3.75. The molecule has 0 spiro atoms. The molecular weight excluding hydrogens is 448 g/mol. The number of halogens is 2. The van der Waals surface area contributed by atoms with Gasteiger partial charge in [0.25, 0.3) is 5.91 Å². The molecule has 2 heterocycles. The van der Waals surface area contributed by atoms with Gasteiger partial charge in [0.2, 0.25) is 0 Å². The maximum absolute atomic E-state index is 12.4. The van der Waals surface area contributed by atoms with E-state index in [-0.39, 0.29) is 28.7 Å². The average molecular weight is 466 g/mol. The second-order valence-corrected chi connectivity index (χ2v) is 11.9. The molecule has 1 aromatic rings. The van der Waals surface area contributed by atoms with Crippen LogP contribution in [0.1, 0.15) is 20.8 Å². The van der Waals surface area contributed by atoms with E-state index < -0.39 is 15.3 Å². The lowest BCUT2D eigenvalue weighted by atomic mass is 9.96. The van der Waals surface area contributed by atoms with Crippen molar-refractivity contribution in [2.75, 3.05) is 16.4 Å². The van der Waals surface area contributed by atoms with E-state index in [1.165, 1.54) is 11.8 Å². The number of aliphatic imine (C=N–C) groups is 1. The van der Waals surface area contributed by atoms with Crippen LogP contribution in [0.15, 0.2) is 27.7 Å². The second-order valence-electron chi connectivity index (χ2n) is 7.22. The van der Waals surface area contributed by atoms with Crippen molar-refractivity contribution in [2.24, 2.45) is 10.4 Å². The largest absolute Gasteiger partial charge is 0.314 e. The third-order valence-corrected chi connectivity index (χ3v) is 8.08. The number of carbonyl (C=O) groups excluding carboxylic acids is 1. The molecule has 2 saturated heterocycles. The van der Waals surface area contributed by atoms with Crippen LogP contribution in [0, 0.1) is 5.41 Å². The fraction of sp³-hybridized carbons (Fsp3) is 0.500. The molecule has 0 bridgehead atoms. The number of carbonyl (C=O) groups is 1. The minimum Gasteiger partial charge on any atom is -0.314 e. The molecule has 25 heavy (non-hydrogen) atoms. The van der Waals surface area contributed by atoms with Gasteiger partial charge in [0, 0.05) is 15.1 Å². The number of hydrogen-bond acceptors (Lipinski definition) is 4. The molecule has 5 nitrogen and oxygen atoms in total. The Bertz CT molecular complexity index is 865. The molecule has 2 fully saturated rings. The summed E-state index contributed by atoms with van der Waals surface area (Å²) < 4.78 is 24.9. The van der Waals surface area contributed by atoms with E-state index in [4.69, 9.17) is 11.6 Å². The van der Waals surface area contributed by atoms with Gasteiger partial charge >= 0.3 is 0 Å². The van der Waals surface area contributed by atoms with E-state index in [9.17, 15) is 13.2 Å². The third kappa shape index (κ3) is 3.91. The smallest absolute Gasteiger partial charge is 0.253 e. The standard InChI is InChI=1S/C16H18BrClN2O3S2/c1-16(2,3)14(21)19-15-20(11-5-4-9(17)6-10(11)18)12-7-25(22,23)8-13(12)24-15/h4-6,12-13H,7-8H2,1-3H3/t12-,13-/m1/s1. The van der Waals surface area contributed by atoms with Crippen molar-refractivity contribution >= 4 is 65.9 Å². The Kier molecular flexibility index (Phi) is 5.03. The first kappa shape index (κ1) is 19.2. The molecular formula is C16H18BrClN2O3S2. The van der Waals surface area contributed by atoms with Crippen molar-refractivity contribution in [1.29, 1.82) is 0 Å². The van der Waals surface area contributed by atoms with Crippen LogP contribution < -0.4 is 4.90 Å². The number of anilines is 1. The summed E-state index contributed by atoms with van der Waals surface area (Å²) >= 11 is 11.1. The first-order chi connectivity index (χ1) is 11.5. The van der Waals surface area contributed by atoms with E-state index >= 15 is 0 Å². The van der Waals surface area contributed by atoms with Gasteiger partial charge < -0.3 is 4.90 Å². The van der Waals surface area contributed by atoms with Gasteiger partial charge in [-0.1, -0.05) is 60.1 Å². The number of sulfone groups is 1. The van der Waals surface area contributed by atoms with Crippen LogP contribution >= 0.6 is 39.3 Å². The summed E-state index contributed by atoms with van der Waals surface area (Å²) in [5, 5.41) is 0.862. The monoisotopic (exact) mass is 464 g/mol. The molecule has 2 aliphatic heterocycles. The predicted molar refractivity (Wildman–Crippen MR) is 107 cm³/mol. The van der Waals surface area contributed by atoms with Gasteiger partial charge in [-0.3, -0.25) is 4.79 Å². The van der Waals surface area contributed by atoms with Crippen LogP contribution in [-0.4, -0.2) is 42.3 Å². The normalized spacial score (nSPS) is 26.9. The summed E-state index contributed by atoms with van der Waals surface area (Å²) in [5.41, 5.74) is 0.0643. The number of benzene rings is 1. The highest BCUT2D eigenvalue weighted by Gasteiger charge is 2.50. The molecule has 0 saturated carbocycles. The first-order valence-electron chi connectivity index (χ1n) is 7.72. The molecule has 2 aliphatic rings. The molecule has 2 atom stereocenters. The fourth-order valence-corrected chi connectivity index (χ4v) is 7.45. The van der Waals surface area contributed by atoms with Crippen LogP contribution in [0.25, 0.3) is 0 Å². The Labute approximate surface area is 165 Å². The van der Waals surface area contributed by atoms with Gasteiger partial charge in [-0.25, -0.2) is 8.42 Å². The number of nitrogens with zero attached hydrogens (tertiary/aromatic N) is 2. The SMILES string of the molecule is CC(C)(C)C(=O)N=C1S[C@@H]2CS(=O)(=O)C[C@H]2N1c1ccc(Br)cc1Cl. The second kappa shape index (κ2) is 6.55. The Hall–Kier alpha value is -0.570. The molecule has 0 N–H and O–H groups in total. The number of fused-ring (bicyclic) bond motifs is 1. The lowest BCUT2D eigenvalue weighted by Gasteiger charge is -2.26. The highest BCUT2D eigenvalue weighted by Crippen LogP contribution is 2.43. The molecule has 3 rings (SSSR count). The van der Waals surface area contributed by atoms with E-state index in [1.807, 2.05) is 17.0 Å². The van der Waals surface area contributed by atoms with Crippen molar-refractivity contribution in [3.8, 4) is 0 Å². The van der Waals surface area contributed by atoms with Gasteiger partial charge in [-0.2, -0.15) is 4.99 Å². The van der Waals surface area contributed by atoms with Gasteiger partial charge in [0.05, 0.1) is 28.3 Å². The quantitative estimate of drug-likeness (QED) is 0.632. The lowest BCUT2D eigenvalue weighted by Crippen LogP contribution is -2.38. The Morgan fingerprint density at radius 1 is 1.36 bits per heavy atom. The number of thioether (sulfide) groups is 1. The summed E-state index contributed by atoms with van der Waals surface area (Å²) in [6.45, 7) is 5.42. The first-order valence-corrected chi connectivity index (χ1v) is 11.6. The van der Waals surface area contributed by atoms with Gasteiger partial charge in [0.1, 0.15) is 0 Å². The number of amidine groups is 1. The highest BCUT2D eigenvalue weighted by atomic mass is 79.9. The average Bonchev–Trinajstić information content (AvgIpc) is 2.90. The fourth-order valence-electron chi connectivity index (χ4n) is 2.78. The van der Waals surface area contributed by atoms with Crippen LogP contribution in [0.2, 0.25) is 5.02 Å². The molecule has 0 aliphatic carbocycles. The minimum atomic E-state index is -3.10. The third-order valence-electron chi connectivity index (χ3n) is 4.07. The Morgan fingerprint density at radius 3 is 2.64 bits per heavy atom. The molecule has 136 valence electrons.